The second-order valence-electron chi connectivity index (χ2n) is 8.11. The zero-order valence-electron chi connectivity index (χ0n) is 18.2. The van der Waals surface area contributed by atoms with Crippen LogP contribution in [0.15, 0.2) is 24.4 Å². The maximum Gasteiger partial charge on any atom is 0.228 e. The number of aliphatic hydroxyl groups is 1. The lowest BCUT2D eigenvalue weighted by Crippen LogP contribution is -2.30. The van der Waals surface area contributed by atoms with Gasteiger partial charge in [0, 0.05) is 24.8 Å². The van der Waals surface area contributed by atoms with E-state index in [-0.39, 0.29) is 18.8 Å². The molecule has 10 heteroatoms. The van der Waals surface area contributed by atoms with E-state index in [0.29, 0.717) is 18.4 Å². The molecule has 0 saturated heterocycles. The van der Waals surface area contributed by atoms with E-state index in [1.165, 1.54) is 0 Å². The third-order valence-electron chi connectivity index (χ3n) is 6.07. The van der Waals surface area contributed by atoms with E-state index in [9.17, 15) is 0 Å². The molecule has 0 aliphatic heterocycles. The van der Waals surface area contributed by atoms with Crippen molar-refractivity contribution in [1.82, 2.24) is 29.9 Å². The Kier molecular flexibility index (Phi) is 5.62. The van der Waals surface area contributed by atoms with Gasteiger partial charge in [-0.1, -0.05) is 11.3 Å². The molecule has 0 radical (unpaired) electrons. The van der Waals surface area contributed by atoms with Crippen molar-refractivity contribution < 1.29 is 14.6 Å². The third-order valence-corrected chi connectivity index (χ3v) is 6.07. The molecule has 1 fully saturated rings. The fraction of sp³-hybridized carbons (Fsp3) is 0.455. The first-order valence-electron chi connectivity index (χ1n) is 10.9. The monoisotopic (exact) mass is 437 g/mol. The molecule has 32 heavy (non-hydrogen) atoms. The van der Waals surface area contributed by atoms with Crippen LogP contribution < -0.4 is 10.1 Å². The summed E-state index contributed by atoms with van der Waals surface area (Å²) in [4.78, 5) is 12.6. The summed E-state index contributed by atoms with van der Waals surface area (Å²) in [7, 11) is 3.50. The molecule has 0 unspecified atom stereocenters. The molecule has 5 rings (SSSR count). The van der Waals surface area contributed by atoms with Crippen molar-refractivity contribution >= 4 is 28.0 Å². The number of aromatic nitrogens is 6. The van der Waals surface area contributed by atoms with E-state index in [2.05, 4.69) is 31.7 Å². The minimum Gasteiger partial charge on any atom is -0.480 e. The van der Waals surface area contributed by atoms with Gasteiger partial charge < -0.3 is 24.9 Å². The van der Waals surface area contributed by atoms with Crippen LogP contribution >= 0.6 is 0 Å². The van der Waals surface area contributed by atoms with Gasteiger partial charge in [-0.05, 0) is 43.4 Å². The van der Waals surface area contributed by atoms with Crippen LogP contribution in [-0.2, 0) is 11.8 Å². The fourth-order valence-corrected chi connectivity index (χ4v) is 4.41. The molecule has 10 nitrogen and oxygen atoms in total. The SMILES string of the molecule is COc1nc(N[C@H]2CC[C@@H](OCCO)CC2)nc2[nH]cc(-c3ccc4nnn(C)c4c3)c12. The highest BCUT2D eigenvalue weighted by atomic mass is 16.5. The maximum atomic E-state index is 8.93. The van der Waals surface area contributed by atoms with Crippen LogP contribution in [0.25, 0.3) is 33.2 Å². The maximum absolute atomic E-state index is 8.93. The van der Waals surface area contributed by atoms with Gasteiger partial charge in [0.15, 0.2) is 0 Å². The first kappa shape index (κ1) is 20.7. The number of nitrogens with zero attached hydrogens (tertiary/aromatic N) is 5. The van der Waals surface area contributed by atoms with Gasteiger partial charge in [0.05, 0.1) is 37.3 Å². The van der Waals surface area contributed by atoms with E-state index in [1.807, 2.05) is 25.4 Å². The first-order valence-corrected chi connectivity index (χ1v) is 10.9. The summed E-state index contributed by atoms with van der Waals surface area (Å²) in [5, 5.41) is 21.5. The summed E-state index contributed by atoms with van der Waals surface area (Å²) >= 11 is 0. The largest absolute Gasteiger partial charge is 0.480 e. The fourth-order valence-electron chi connectivity index (χ4n) is 4.41. The van der Waals surface area contributed by atoms with Crippen LogP contribution in [0.4, 0.5) is 5.95 Å². The number of aryl methyl sites for hydroxylation is 1. The van der Waals surface area contributed by atoms with Gasteiger partial charge in [-0.15, -0.1) is 5.10 Å². The number of ether oxygens (including phenoxy) is 2. The van der Waals surface area contributed by atoms with Gasteiger partial charge in [0.2, 0.25) is 11.8 Å². The number of hydrogen-bond donors (Lipinski definition) is 3. The van der Waals surface area contributed by atoms with Crippen LogP contribution in [0.2, 0.25) is 0 Å². The van der Waals surface area contributed by atoms with E-state index in [1.54, 1.807) is 11.8 Å². The highest BCUT2D eigenvalue weighted by Gasteiger charge is 2.23. The Balaban J connectivity index is 1.40. The lowest BCUT2D eigenvalue weighted by Gasteiger charge is -2.29. The van der Waals surface area contributed by atoms with Gasteiger partial charge in [-0.25, -0.2) is 4.68 Å². The molecule has 3 heterocycles. The van der Waals surface area contributed by atoms with Crippen molar-refractivity contribution in [3.05, 3.63) is 24.4 Å². The molecular weight excluding hydrogens is 410 g/mol. The Hall–Kier alpha value is -3.24. The average molecular weight is 438 g/mol. The van der Waals surface area contributed by atoms with E-state index in [0.717, 1.165) is 58.9 Å². The number of aromatic amines is 1. The zero-order valence-corrected chi connectivity index (χ0v) is 18.2. The molecule has 1 aromatic carbocycles. The lowest BCUT2D eigenvalue weighted by molar-refractivity contribution is 0.00719. The standard InChI is InChI=1S/C22H27N7O3/c1-29-18-11-13(3-8-17(18)27-28-29)16-12-23-20-19(16)21(31-2)26-22(25-20)24-14-4-6-15(7-5-14)32-10-9-30/h3,8,11-12,14-15,30H,4-7,9-10H2,1-2H3,(H2,23,24,25,26)/t14-,15+. The number of benzene rings is 1. The van der Waals surface area contributed by atoms with Crippen LogP contribution in [0.3, 0.4) is 0 Å². The molecule has 1 aliphatic rings. The molecule has 0 bridgehead atoms. The van der Waals surface area contributed by atoms with Crippen molar-refractivity contribution in [2.75, 3.05) is 25.6 Å². The van der Waals surface area contributed by atoms with Crippen LogP contribution in [0, 0.1) is 0 Å². The molecule has 168 valence electrons. The number of rotatable bonds is 7. The minimum absolute atomic E-state index is 0.0663. The van der Waals surface area contributed by atoms with Crippen LogP contribution in [0.5, 0.6) is 5.88 Å². The Morgan fingerprint density at radius 2 is 2.06 bits per heavy atom. The molecule has 3 N–H and O–H groups in total. The lowest BCUT2D eigenvalue weighted by atomic mass is 9.93. The number of methoxy groups -OCH3 is 1. The van der Waals surface area contributed by atoms with Gasteiger partial charge >= 0.3 is 0 Å². The number of nitrogens with one attached hydrogen (secondary N) is 2. The molecular formula is C22H27N7O3. The Labute approximate surface area is 185 Å². The Bertz CT molecular complexity index is 1230. The van der Waals surface area contributed by atoms with Crippen molar-refractivity contribution in [2.24, 2.45) is 7.05 Å². The van der Waals surface area contributed by atoms with Crippen molar-refractivity contribution in [1.29, 1.82) is 0 Å². The minimum atomic E-state index is 0.0663. The predicted octanol–water partition coefficient (Wildman–Crippen LogP) is 2.65. The highest BCUT2D eigenvalue weighted by Crippen LogP contribution is 2.35. The molecule has 1 aliphatic carbocycles. The predicted molar refractivity (Wildman–Crippen MR) is 121 cm³/mol. The summed E-state index contributed by atoms with van der Waals surface area (Å²) in [6.07, 6.45) is 5.99. The van der Waals surface area contributed by atoms with E-state index >= 15 is 0 Å². The van der Waals surface area contributed by atoms with E-state index < -0.39 is 0 Å². The number of H-pyrrole nitrogens is 1. The van der Waals surface area contributed by atoms with Gasteiger partial charge in [-0.2, -0.15) is 9.97 Å². The zero-order chi connectivity index (χ0) is 22.1. The van der Waals surface area contributed by atoms with Gasteiger partial charge in [-0.3, -0.25) is 0 Å². The highest BCUT2D eigenvalue weighted by molar-refractivity contribution is 5.99. The van der Waals surface area contributed by atoms with Gasteiger partial charge in [0.1, 0.15) is 11.2 Å². The van der Waals surface area contributed by atoms with E-state index in [4.69, 9.17) is 19.6 Å². The summed E-state index contributed by atoms with van der Waals surface area (Å²) < 4.78 is 13.1. The summed E-state index contributed by atoms with van der Waals surface area (Å²) in [6.45, 7) is 0.468. The average Bonchev–Trinajstić information content (AvgIpc) is 3.41. The summed E-state index contributed by atoms with van der Waals surface area (Å²) in [5.41, 5.74) is 4.50. The smallest absolute Gasteiger partial charge is 0.228 e. The number of anilines is 1. The number of hydrogen-bond acceptors (Lipinski definition) is 8. The summed E-state index contributed by atoms with van der Waals surface area (Å²) in [5.74, 6) is 1.07. The topological polar surface area (TPSA) is 123 Å². The molecule has 0 atom stereocenters. The summed E-state index contributed by atoms with van der Waals surface area (Å²) in [6, 6.07) is 6.31. The van der Waals surface area contributed by atoms with Crippen molar-refractivity contribution in [3.8, 4) is 17.0 Å². The molecule has 4 aromatic rings. The van der Waals surface area contributed by atoms with Crippen LogP contribution in [-0.4, -0.2) is 67.5 Å². The number of aliphatic hydroxyl groups excluding tert-OH is 1. The molecule has 0 amide bonds. The number of fused-ring (bicyclic) bond motifs is 2. The van der Waals surface area contributed by atoms with Crippen molar-refractivity contribution in [3.63, 3.8) is 0 Å². The Morgan fingerprint density at radius 3 is 2.84 bits per heavy atom. The first-order chi connectivity index (χ1) is 15.7. The van der Waals surface area contributed by atoms with Crippen LogP contribution in [0.1, 0.15) is 25.7 Å². The van der Waals surface area contributed by atoms with Crippen molar-refractivity contribution in [2.45, 2.75) is 37.8 Å². The second-order valence-corrected chi connectivity index (χ2v) is 8.11. The molecule has 3 aromatic heterocycles. The Morgan fingerprint density at radius 1 is 1.22 bits per heavy atom. The normalized spacial score (nSPS) is 19.0. The molecule has 0 spiro atoms. The quantitative estimate of drug-likeness (QED) is 0.403. The third kappa shape index (κ3) is 3.87. The van der Waals surface area contributed by atoms with Gasteiger partial charge in [0.25, 0.3) is 0 Å². The second kappa shape index (κ2) is 8.71. The molecule has 1 saturated carbocycles.